The van der Waals surface area contributed by atoms with E-state index in [0.29, 0.717) is 0 Å². The van der Waals surface area contributed by atoms with Gasteiger partial charge in [0.1, 0.15) is 0 Å². The van der Waals surface area contributed by atoms with Crippen LogP contribution >= 0.6 is 0 Å². The van der Waals surface area contributed by atoms with Crippen molar-refractivity contribution in [2.45, 2.75) is 39.5 Å². The monoisotopic (exact) mass is 220 g/mol. The molecule has 0 fully saturated rings. The van der Waals surface area contributed by atoms with Crippen LogP contribution in [0.4, 0.5) is 11.4 Å². The van der Waals surface area contributed by atoms with E-state index in [0.717, 1.165) is 23.8 Å². The van der Waals surface area contributed by atoms with Crippen molar-refractivity contribution < 1.29 is 0 Å². The molecule has 1 atom stereocenters. The van der Waals surface area contributed by atoms with Crippen molar-refractivity contribution >= 4 is 11.4 Å². The van der Waals surface area contributed by atoms with Gasteiger partial charge in [0.15, 0.2) is 0 Å². The molecule has 0 aromatic heterocycles. The van der Waals surface area contributed by atoms with Gasteiger partial charge in [-0.05, 0) is 24.5 Å². The molecule has 2 heteroatoms. The van der Waals surface area contributed by atoms with Crippen LogP contribution in [-0.4, -0.2) is 6.54 Å². The molecule has 16 heavy (non-hydrogen) atoms. The molecule has 2 nitrogen and oxygen atoms in total. The molecule has 1 unspecified atom stereocenters. The van der Waals surface area contributed by atoms with E-state index in [1.54, 1.807) is 0 Å². The van der Waals surface area contributed by atoms with Crippen molar-refractivity contribution in [3.8, 4) is 0 Å². The molecule has 0 saturated heterocycles. The number of rotatable bonds is 7. The van der Waals surface area contributed by atoms with Gasteiger partial charge in [-0.2, -0.15) is 0 Å². The van der Waals surface area contributed by atoms with Crippen molar-refractivity contribution in [1.29, 1.82) is 0 Å². The Kier molecular flexibility index (Phi) is 5.76. The third-order valence-electron chi connectivity index (χ3n) is 3.09. The fourth-order valence-corrected chi connectivity index (χ4v) is 1.86. The highest BCUT2D eigenvalue weighted by atomic mass is 14.9. The molecule has 0 aliphatic heterocycles. The molecular weight excluding hydrogens is 196 g/mol. The van der Waals surface area contributed by atoms with E-state index in [1.807, 2.05) is 24.3 Å². The van der Waals surface area contributed by atoms with E-state index < -0.39 is 0 Å². The van der Waals surface area contributed by atoms with Gasteiger partial charge in [-0.3, -0.25) is 0 Å². The standard InChI is InChI=1S/C14H24N2/c1-3-5-8-12(4-2)11-16-14-10-7-6-9-13(14)15/h6-7,9-10,12,16H,3-5,8,11,15H2,1-2H3. The summed E-state index contributed by atoms with van der Waals surface area (Å²) in [5.74, 6) is 0.763. The van der Waals surface area contributed by atoms with Gasteiger partial charge in [0, 0.05) is 6.54 Å². The average molecular weight is 220 g/mol. The maximum absolute atomic E-state index is 5.89. The minimum Gasteiger partial charge on any atom is -0.397 e. The van der Waals surface area contributed by atoms with E-state index >= 15 is 0 Å². The molecule has 1 aromatic carbocycles. The maximum atomic E-state index is 5.89. The summed E-state index contributed by atoms with van der Waals surface area (Å²) < 4.78 is 0. The lowest BCUT2D eigenvalue weighted by molar-refractivity contribution is 0.473. The molecule has 90 valence electrons. The Balaban J connectivity index is 2.40. The summed E-state index contributed by atoms with van der Waals surface area (Å²) in [5.41, 5.74) is 7.79. The Labute approximate surface area is 99.2 Å². The second kappa shape index (κ2) is 7.15. The van der Waals surface area contributed by atoms with Crippen molar-refractivity contribution in [3.63, 3.8) is 0 Å². The Morgan fingerprint density at radius 1 is 1.25 bits per heavy atom. The summed E-state index contributed by atoms with van der Waals surface area (Å²) in [4.78, 5) is 0. The summed E-state index contributed by atoms with van der Waals surface area (Å²) in [5, 5.41) is 3.45. The number of nitrogens with one attached hydrogen (secondary N) is 1. The number of nitrogen functional groups attached to an aromatic ring is 1. The fourth-order valence-electron chi connectivity index (χ4n) is 1.86. The van der Waals surface area contributed by atoms with Crippen LogP contribution in [0.25, 0.3) is 0 Å². The molecular formula is C14H24N2. The summed E-state index contributed by atoms with van der Waals surface area (Å²) in [6, 6.07) is 7.97. The van der Waals surface area contributed by atoms with E-state index in [1.165, 1.54) is 25.7 Å². The number of hydrogen-bond donors (Lipinski definition) is 2. The Hall–Kier alpha value is -1.18. The van der Waals surface area contributed by atoms with Gasteiger partial charge >= 0.3 is 0 Å². The van der Waals surface area contributed by atoms with E-state index in [9.17, 15) is 0 Å². The first-order valence-corrected chi connectivity index (χ1v) is 6.36. The topological polar surface area (TPSA) is 38.0 Å². The zero-order chi connectivity index (χ0) is 11.8. The largest absolute Gasteiger partial charge is 0.397 e. The van der Waals surface area contributed by atoms with Crippen LogP contribution in [0.2, 0.25) is 0 Å². The molecule has 1 aromatic rings. The zero-order valence-electron chi connectivity index (χ0n) is 10.5. The minimum absolute atomic E-state index is 0.763. The molecule has 3 N–H and O–H groups in total. The van der Waals surface area contributed by atoms with Crippen molar-refractivity contribution in [1.82, 2.24) is 0 Å². The highest BCUT2D eigenvalue weighted by molar-refractivity contribution is 5.65. The van der Waals surface area contributed by atoms with Crippen molar-refractivity contribution in [2.24, 2.45) is 5.92 Å². The molecule has 0 saturated carbocycles. The van der Waals surface area contributed by atoms with Crippen molar-refractivity contribution in [3.05, 3.63) is 24.3 Å². The third kappa shape index (κ3) is 4.13. The van der Waals surface area contributed by atoms with Crippen LogP contribution in [0.15, 0.2) is 24.3 Å². The smallest absolute Gasteiger partial charge is 0.0573 e. The van der Waals surface area contributed by atoms with Gasteiger partial charge < -0.3 is 11.1 Å². The second-order valence-corrected chi connectivity index (χ2v) is 4.38. The predicted octanol–water partition coefficient (Wildman–Crippen LogP) is 3.90. The van der Waals surface area contributed by atoms with Gasteiger partial charge in [-0.1, -0.05) is 45.2 Å². The summed E-state index contributed by atoms with van der Waals surface area (Å²) >= 11 is 0. The third-order valence-corrected chi connectivity index (χ3v) is 3.09. The van der Waals surface area contributed by atoms with E-state index in [4.69, 9.17) is 5.73 Å². The molecule has 0 bridgehead atoms. The number of hydrogen-bond acceptors (Lipinski definition) is 2. The lowest BCUT2D eigenvalue weighted by Crippen LogP contribution is -2.14. The molecule has 0 radical (unpaired) electrons. The van der Waals surface area contributed by atoms with Gasteiger partial charge in [0.25, 0.3) is 0 Å². The lowest BCUT2D eigenvalue weighted by atomic mass is 9.99. The number of nitrogens with two attached hydrogens (primary N) is 1. The van der Waals surface area contributed by atoms with Crippen LogP contribution in [0.3, 0.4) is 0 Å². The van der Waals surface area contributed by atoms with Crippen LogP contribution in [0.1, 0.15) is 39.5 Å². The number of unbranched alkanes of at least 4 members (excludes halogenated alkanes) is 1. The molecule has 0 spiro atoms. The SMILES string of the molecule is CCCCC(CC)CNc1ccccc1N. The average Bonchev–Trinajstić information content (AvgIpc) is 2.31. The molecule has 1 rings (SSSR count). The first kappa shape index (κ1) is 12.9. The normalized spacial score (nSPS) is 12.4. The van der Waals surface area contributed by atoms with Gasteiger partial charge in [0.2, 0.25) is 0 Å². The highest BCUT2D eigenvalue weighted by Crippen LogP contribution is 2.19. The summed E-state index contributed by atoms with van der Waals surface area (Å²) in [6.45, 7) is 5.54. The quantitative estimate of drug-likeness (QED) is 0.684. The molecule has 0 aliphatic rings. The molecule has 0 amide bonds. The maximum Gasteiger partial charge on any atom is 0.0573 e. The number of benzene rings is 1. The van der Waals surface area contributed by atoms with E-state index in [-0.39, 0.29) is 0 Å². The van der Waals surface area contributed by atoms with Crippen LogP contribution in [-0.2, 0) is 0 Å². The van der Waals surface area contributed by atoms with Gasteiger partial charge in [0.05, 0.1) is 11.4 Å². The van der Waals surface area contributed by atoms with E-state index in [2.05, 4.69) is 19.2 Å². The molecule has 0 aliphatic carbocycles. The minimum atomic E-state index is 0.763. The number of para-hydroxylation sites is 2. The first-order chi connectivity index (χ1) is 7.77. The summed E-state index contributed by atoms with van der Waals surface area (Å²) in [6.07, 6.45) is 5.15. The van der Waals surface area contributed by atoms with Crippen LogP contribution in [0.5, 0.6) is 0 Å². The number of anilines is 2. The summed E-state index contributed by atoms with van der Waals surface area (Å²) in [7, 11) is 0. The first-order valence-electron chi connectivity index (χ1n) is 6.36. The second-order valence-electron chi connectivity index (χ2n) is 4.38. The predicted molar refractivity (Wildman–Crippen MR) is 72.7 cm³/mol. The van der Waals surface area contributed by atoms with Gasteiger partial charge in [-0.15, -0.1) is 0 Å². The lowest BCUT2D eigenvalue weighted by Gasteiger charge is -2.17. The highest BCUT2D eigenvalue weighted by Gasteiger charge is 2.06. The Bertz CT molecular complexity index is 297. The van der Waals surface area contributed by atoms with Crippen LogP contribution in [0, 0.1) is 5.92 Å². The van der Waals surface area contributed by atoms with Crippen LogP contribution < -0.4 is 11.1 Å². The van der Waals surface area contributed by atoms with Gasteiger partial charge in [-0.25, -0.2) is 0 Å². The fraction of sp³-hybridized carbons (Fsp3) is 0.571. The zero-order valence-corrected chi connectivity index (χ0v) is 10.5. The Morgan fingerprint density at radius 3 is 2.62 bits per heavy atom. The molecule has 0 heterocycles. The Morgan fingerprint density at radius 2 is 2.00 bits per heavy atom. The van der Waals surface area contributed by atoms with Crippen molar-refractivity contribution in [2.75, 3.05) is 17.6 Å².